The van der Waals surface area contributed by atoms with E-state index in [1.54, 1.807) is 0 Å². The van der Waals surface area contributed by atoms with Crippen molar-refractivity contribution < 1.29 is 4.42 Å². The van der Waals surface area contributed by atoms with Gasteiger partial charge in [-0.25, -0.2) is 0 Å². The van der Waals surface area contributed by atoms with Crippen LogP contribution >= 0.6 is 0 Å². The maximum absolute atomic E-state index is 6.74. The highest BCUT2D eigenvalue weighted by Crippen LogP contribution is 2.51. The van der Waals surface area contributed by atoms with Crippen LogP contribution in [0.15, 0.2) is 241 Å². The zero-order valence-corrected chi connectivity index (χ0v) is 36.4. The first-order valence-electron chi connectivity index (χ1n) is 22.5. The smallest absolute Gasteiger partial charge is 0.143 e. The van der Waals surface area contributed by atoms with Crippen molar-refractivity contribution in [3.8, 4) is 66.8 Å². The molecular weight excluding hydrogens is 787 g/mol. The summed E-state index contributed by atoms with van der Waals surface area (Å²) in [4.78, 5) is 2.43. The molecule has 0 amide bonds. The van der Waals surface area contributed by atoms with E-state index in [1.807, 2.05) is 6.07 Å². The normalized spacial score (nSPS) is 12.6. The van der Waals surface area contributed by atoms with Gasteiger partial charge in [0.25, 0.3) is 0 Å². The van der Waals surface area contributed by atoms with E-state index < -0.39 is 0 Å². The van der Waals surface area contributed by atoms with E-state index in [4.69, 9.17) is 4.42 Å². The summed E-state index contributed by atoms with van der Waals surface area (Å²) in [6.07, 6.45) is 0. The van der Waals surface area contributed by atoms with Crippen LogP contribution in [0.5, 0.6) is 0 Å². The summed E-state index contributed by atoms with van der Waals surface area (Å²) >= 11 is 0. The Morgan fingerprint density at radius 1 is 0.338 bits per heavy atom. The number of rotatable bonds is 8. The largest absolute Gasteiger partial charge is 0.455 e. The highest BCUT2D eigenvalue weighted by atomic mass is 16.3. The first-order chi connectivity index (χ1) is 32.0. The van der Waals surface area contributed by atoms with Gasteiger partial charge in [-0.2, -0.15) is 0 Å². The van der Waals surface area contributed by atoms with Crippen LogP contribution in [0.3, 0.4) is 0 Å². The van der Waals surface area contributed by atoms with E-state index in [0.29, 0.717) is 0 Å². The Balaban J connectivity index is 1.06. The number of hydrogen-bond acceptors (Lipinski definition) is 2. The van der Waals surface area contributed by atoms with Gasteiger partial charge in [0, 0.05) is 38.7 Å². The molecule has 2 heteroatoms. The maximum atomic E-state index is 6.74. The molecular formula is C63H45NO. The molecule has 2 nitrogen and oxygen atoms in total. The van der Waals surface area contributed by atoms with Gasteiger partial charge in [-0.15, -0.1) is 0 Å². The third kappa shape index (κ3) is 6.57. The molecule has 0 atom stereocenters. The number of para-hydroxylation sites is 2. The second-order valence-corrected chi connectivity index (χ2v) is 17.7. The Kier molecular flexibility index (Phi) is 9.21. The van der Waals surface area contributed by atoms with Crippen LogP contribution in [-0.4, -0.2) is 0 Å². The zero-order valence-electron chi connectivity index (χ0n) is 36.4. The Hall–Kier alpha value is -8.20. The lowest BCUT2D eigenvalue weighted by Gasteiger charge is -2.30. The van der Waals surface area contributed by atoms with Crippen molar-refractivity contribution in [2.75, 3.05) is 4.90 Å². The minimum atomic E-state index is -0.0346. The molecule has 1 aliphatic rings. The molecule has 0 spiro atoms. The topological polar surface area (TPSA) is 16.4 Å². The number of anilines is 3. The molecule has 65 heavy (non-hydrogen) atoms. The lowest BCUT2D eigenvalue weighted by atomic mass is 9.82. The Morgan fingerprint density at radius 3 is 1.66 bits per heavy atom. The van der Waals surface area contributed by atoms with Crippen LogP contribution in [0, 0.1) is 0 Å². The highest BCUT2D eigenvalue weighted by molar-refractivity contribution is 6.11. The van der Waals surface area contributed by atoms with Gasteiger partial charge in [0.2, 0.25) is 0 Å². The van der Waals surface area contributed by atoms with Crippen LogP contribution in [0.25, 0.3) is 88.7 Å². The van der Waals surface area contributed by atoms with Crippen LogP contribution in [0.4, 0.5) is 17.1 Å². The molecule has 1 heterocycles. The van der Waals surface area contributed by atoms with Gasteiger partial charge in [-0.1, -0.05) is 208 Å². The molecule has 0 bridgehead atoms. The number of hydrogen-bond donors (Lipinski definition) is 0. The van der Waals surface area contributed by atoms with Gasteiger partial charge >= 0.3 is 0 Å². The summed E-state index contributed by atoms with van der Waals surface area (Å²) in [7, 11) is 0. The summed E-state index contributed by atoms with van der Waals surface area (Å²) < 4.78 is 6.74. The summed E-state index contributed by atoms with van der Waals surface area (Å²) in [6.45, 7) is 4.68. The van der Waals surface area contributed by atoms with E-state index in [1.165, 1.54) is 50.1 Å². The third-order valence-corrected chi connectivity index (χ3v) is 13.5. The Labute approximate surface area is 380 Å². The number of fused-ring (bicyclic) bond motifs is 6. The minimum Gasteiger partial charge on any atom is -0.455 e. The summed E-state index contributed by atoms with van der Waals surface area (Å²) in [5, 5.41) is 2.22. The fourth-order valence-corrected chi connectivity index (χ4v) is 10.3. The van der Waals surface area contributed by atoms with Crippen molar-refractivity contribution in [1.29, 1.82) is 0 Å². The molecule has 308 valence electrons. The SMILES string of the molecule is CC1(C)c2ccccc2-c2cc(-c3ccc(N(c4cccc(-c5ccccc5)c4)c4cccc(-c5cccc6c5oc5ccccc56)c4-c4ccc(-c5ccccc5)cc4)cc3)ccc21. The van der Waals surface area contributed by atoms with Crippen molar-refractivity contribution in [2.24, 2.45) is 0 Å². The lowest BCUT2D eigenvalue weighted by Crippen LogP contribution is -2.14. The zero-order chi connectivity index (χ0) is 43.5. The van der Waals surface area contributed by atoms with Gasteiger partial charge in [0.05, 0.1) is 5.69 Å². The van der Waals surface area contributed by atoms with E-state index in [-0.39, 0.29) is 5.41 Å². The van der Waals surface area contributed by atoms with E-state index in [2.05, 4.69) is 249 Å². The molecule has 0 N–H and O–H groups in total. The molecule has 0 radical (unpaired) electrons. The van der Waals surface area contributed by atoms with Crippen LogP contribution < -0.4 is 4.90 Å². The average molecular weight is 832 g/mol. The van der Waals surface area contributed by atoms with Crippen molar-refractivity contribution >= 4 is 39.0 Å². The molecule has 0 fully saturated rings. The second kappa shape index (κ2) is 15.6. The van der Waals surface area contributed by atoms with Gasteiger partial charge in [-0.3, -0.25) is 0 Å². The Bertz CT molecular complexity index is 3540. The number of benzene rings is 10. The highest BCUT2D eigenvalue weighted by Gasteiger charge is 2.35. The monoisotopic (exact) mass is 831 g/mol. The Morgan fingerprint density at radius 2 is 0.862 bits per heavy atom. The molecule has 0 aliphatic heterocycles. The standard InChI is InChI=1S/C63H45NO/c1-63(2)57-27-11-9-22-51(57)56-41-48(36-39-58(56)63)45-34-37-49(38-35-45)64(50-21-13-20-47(40-50)43-18-7-4-8-19-43)59-28-15-24-53(55-26-14-25-54-52-23-10-12-29-60(52)65-62(54)55)61(59)46-32-30-44(31-33-46)42-16-5-3-6-17-42/h3-41H,1-2H3. The van der Waals surface area contributed by atoms with Crippen molar-refractivity contribution in [3.05, 3.63) is 248 Å². The van der Waals surface area contributed by atoms with E-state index in [0.717, 1.165) is 66.8 Å². The molecule has 10 aromatic carbocycles. The first kappa shape index (κ1) is 38.5. The maximum Gasteiger partial charge on any atom is 0.143 e. The molecule has 0 saturated carbocycles. The van der Waals surface area contributed by atoms with Crippen LogP contribution in [0.2, 0.25) is 0 Å². The quantitative estimate of drug-likeness (QED) is 0.152. The van der Waals surface area contributed by atoms with E-state index in [9.17, 15) is 0 Å². The fourth-order valence-electron chi connectivity index (χ4n) is 10.3. The van der Waals surface area contributed by atoms with Crippen molar-refractivity contribution in [2.45, 2.75) is 19.3 Å². The van der Waals surface area contributed by atoms with Crippen LogP contribution in [-0.2, 0) is 5.41 Å². The summed E-state index contributed by atoms with van der Waals surface area (Å²) in [5.74, 6) is 0. The van der Waals surface area contributed by atoms with Gasteiger partial charge < -0.3 is 9.32 Å². The minimum absolute atomic E-state index is 0.0346. The van der Waals surface area contributed by atoms with Gasteiger partial charge in [0.15, 0.2) is 0 Å². The predicted molar refractivity (Wildman–Crippen MR) is 273 cm³/mol. The van der Waals surface area contributed by atoms with Crippen LogP contribution in [0.1, 0.15) is 25.0 Å². The van der Waals surface area contributed by atoms with Gasteiger partial charge in [-0.05, 0) is 109 Å². The molecule has 0 unspecified atom stereocenters. The summed E-state index contributed by atoms with van der Waals surface area (Å²) in [5.41, 5.74) is 21.8. The summed E-state index contributed by atoms with van der Waals surface area (Å²) in [6, 6.07) is 85.9. The number of furan rings is 1. The fraction of sp³-hybridized carbons (Fsp3) is 0.0476. The lowest BCUT2D eigenvalue weighted by molar-refractivity contribution is 0.660. The molecule has 12 rings (SSSR count). The van der Waals surface area contributed by atoms with Crippen molar-refractivity contribution in [1.82, 2.24) is 0 Å². The third-order valence-electron chi connectivity index (χ3n) is 13.5. The van der Waals surface area contributed by atoms with E-state index >= 15 is 0 Å². The van der Waals surface area contributed by atoms with Gasteiger partial charge in [0.1, 0.15) is 11.2 Å². The average Bonchev–Trinajstić information content (AvgIpc) is 3.86. The van der Waals surface area contributed by atoms with Crippen molar-refractivity contribution in [3.63, 3.8) is 0 Å². The molecule has 1 aromatic heterocycles. The molecule has 11 aromatic rings. The predicted octanol–water partition coefficient (Wildman–Crippen LogP) is 17.7. The first-order valence-corrected chi connectivity index (χ1v) is 22.5. The second-order valence-electron chi connectivity index (χ2n) is 17.7. The molecule has 0 saturated heterocycles. The number of nitrogens with zero attached hydrogens (tertiary/aromatic N) is 1. The molecule has 1 aliphatic carbocycles.